The first-order valence-corrected chi connectivity index (χ1v) is 8.43. The highest BCUT2D eigenvalue weighted by molar-refractivity contribution is 7.15. The summed E-state index contributed by atoms with van der Waals surface area (Å²) in [5, 5.41) is 12.6. The summed E-state index contributed by atoms with van der Waals surface area (Å²) in [6, 6.07) is 4.79. The third kappa shape index (κ3) is 5.95. The van der Waals surface area contributed by atoms with Crippen LogP contribution < -0.4 is 10.1 Å². The summed E-state index contributed by atoms with van der Waals surface area (Å²) < 4.78 is 10.6. The third-order valence-corrected chi connectivity index (χ3v) is 4.06. The van der Waals surface area contributed by atoms with Crippen LogP contribution in [0.1, 0.15) is 11.9 Å². The number of nitrogens with zero attached hydrogens (tertiary/aromatic N) is 2. The van der Waals surface area contributed by atoms with E-state index in [4.69, 9.17) is 32.7 Å². The number of rotatable bonds is 8. The second-order valence-corrected chi connectivity index (χ2v) is 6.27. The summed E-state index contributed by atoms with van der Waals surface area (Å²) >= 11 is 13.1. The molecule has 0 aliphatic carbocycles. The lowest BCUT2D eigenvalue weighted by Crippen LogP contribution is -2.20. The molecule has 0 fully saturated rings. The molecule has 2 rings (SSSR count). The van der Waals surface area contributed by atoms with Gasteiger partial charge in [-0.3, -0.25) is 10.1 Å². The number of halogens is 2. The monoisotopic (exact) mass is 375 g/mol. The van der Waals surface area contributed by atoms with Crippen LogP contribution in [0.5, 0.6) is 5.75 Å². The predicted octanol–water partition coefficient (Wildman–Crippen LogP) is 3.44. The summed E-state index contributed by atoms with van der Waals surface area (Å²) in [6.07, 6.45) is 0.665. The van der Waals surface area contributed by atoms with Crippen molar-refractivity contribution in [3.8, 4) is 5.75 Å². The van der Waals surface area contributed by atoms with Gasteiger partial charge < -0.3 is 9.47 Å². The fourth-order valence-electron chi connectivity index (χ4n) is 1.60. The molecule has 0 saturated heterocycles. The molecule has 1 heterocycles. The van der Waals surface area contributed by atoms with Crippen LogP contribution in [0.4, 0.5) is 5.13 Å². The molecule has 1 aromatic heterocycles. The number of nitrogens with one attached hydrogen (secondary N) is 1. The lowest BCUT2D eigenvalue weighted by Gasteiger charge is -2.07. The molecule has 1 aromatic carbocycles. The van der Waals surface area contributed by atoms with Gasteiger partial charge in [-0.25, -0.2) is 0 Å². The maximum atomic E-state index is 11.8. The smallest absolute Gasteiger partial charge is 0.264 e. The van der Waals surface area contributed by atoms with Crippen LogP contribution in [0.15, 0.2) is 18.2 Å². The number of aromatic nitrogens is 2. The van der Waals surface area contributed by atoms with Crippen LogP contribution >= 0.6 is 34.5 Å². The highest BCUT2D eigenvalue weighted by Gasteiger charge is 2.10. The van der Waals surface area contributed by atoms with Crippen molar-refractivity contribution in [1.82, 2.24) is 10.2 Å². The lowest BCUT2D eigenvalue weighted by atomic mass is 10.3. The van der Waals surface area contributed by atoms with Crippen LogP contribution in [-0.4, -0.2) is 35.9 Å². The molecule has 124 valence electrons. The zero-order valence-corrected chi connectivity index (χ0v) is 14.7. The van der Waals surface area contributed by atoms with Gasteiger partial charge in [-0.05, 0) is 25.1 Å². The zero-order valence-electron chi connectivity index (χ0n) is 12.3. The van der Waals surface area contributed by atoms with E-state index >= 15 is 0 Å². The van der Waals surface area contributed by atoms with E-state index in [1.54, 1.807) is 18.2 Å². The Labute approximate surface area is 147 Å². The number of carbonyl (C=O) groups is 1. The molecule has 0 aliphatic heterocycles. The average molecular weight is 376 g/mol. The Bertz CT molecular complexity index is 666. The molecule has 1 N–H and O–H groups in total. The third-order valence-electron chi connectivity index (χ3n) is 2.63. The molecule has 23 heavy (non-hydrogen) atoms. The maximum absolute atomic E-state index is 11.8. The van der Waals surface area contributed by atoms with Gasteiger partial charge in [0.25, 0.3) is 5.91 Å². The number of amides is 1. The molecule has 0 radical (unpaired) electrons. The first kappa shape index (κ1) is 17.9. The largest absolute Gasteiger partial charge is 0.482 e. The molecular formula is C14H15Cl2N3O3S. The van der Waals surface area contributed by atoms with E-state index in [0.29, 0.717) is 40.6 Å². The average Bonchev–Trinajstić information content (AvgIpc) is 2.94. The molecule has 9 heteroatoms. The minimum absolute atomic E-state index is 0.185. The quantitative estimate of drug-likeness (QED) is 0.715. The number of benzene rings is 1. The first-order chi connectivity index (χ1) is 11.1. The topological polar surface area (TPSA) is 73.3 Å². The predicted molar refractivity (Wildman–Crippen MR) is 90.7 cm³/mol. The lowest BCUT2D eigenvalue weighted by molar-refractivity contribution is -0.118. The Hall–Kier alpha value is -1.41. The summed E-state index contributed by atoms with van der Waals surface area (Å²) in [7, 11) is 0. The van der Waals surface area contributed by atoms with Gasteiger partial charge in [0.05, 0.1) is 11.6 Å². The highest BCUT2D eigenvalue weighted by atomic mass is 35.5. The molecule has 2 aromatic rings. The Morgan fingerprint density at radius 2 is 2.17 bits per heavy atom. The van der Waals surface area contributed by atoms with Crippen LogP contribution in [-0.2, 0) is 16.0 Å². The van der Waals surface area contributed by atoms with Crippen molar-refractivity contribution in [1.29, 1.82) is 0 Å². The first-order valence-electron chi connectivity index (χ1n) is 6.86. The van der Waals surface area contributed by atoms with Crippen LogP contribution in [0.2, 0.25) is 10.0 Å². The zero-order chi connectivity index (χ0) is 16.7. The van der Waals surface area contributed by atoms with E-state index in [1.807, 2.05) is 6.92 Å². The van der Waals surface area contributed by atoms with Crippen molar-refractivity contribution in [2.45, 2.75) is 13.3 Å². The van der Waals surface area contributed by atoms with Crippen LogP contribution in [0.25, 0.3) is 0 Å². The normalized spacial score (nSPS) is 10.6. The number of ether oxygens (including phenoxy) is 2. The molecular weight excluding hydrogens is 361 g/mol. The van der Waals surface area contributed by atoms with E-state index in [2.05, 4.69) is 15.5 Å². The fourth-order valence-corrected chi connectivity index (χ4v) is 2.80. The van der Waals surface area contributed by atoms with Crippen molar-refractivity contribution in [3.05, 3.63) is 33.3 Å². The second-order valence-electron chi connectivity index (χ2n) is 4.36. The van der Waals surface area contributed by atoms with Gasteiger partial charge in [0.15, 0.2) is 6.61 Å². The van der Waals surface area contributed by atoms with Gasteiger partial charge in [-0.15, -0.1) is 10.2 Å². The molecule has 1 amide bonds. The molecule has 0 unspecified atom stereocenters. The van der Waals surface area contributed by atoms with Crippen molar-refractivity contribution in [2.75, 3.05) is 25.1 Å². The Morgan fingerprint density at radius 3 is 2.91 bits per heavy atom. The van der Waals surface area contributed by atoms with Gasteiger partial charge in [0.2, 0.25) is 5.13 Å². The Balaban J connectivity index is 1.80. The van der Waals surface area contributed by atoms with E-state index < -0.39 is 0 Å². The minimum Gasteiger partial charge on any atom is -0.482 e. The van der Waals surface area contributed by atoms with E-state index in [0.717, 1.165) is 5.01 Å². The molecule has 0 saturated carbocycles. The standard InChI is InChI=1S/C14H15Cl2N3O3S/c1-2-21-6-5-13-18-19-14(23-13)17-12(20)8-22-11-4-3-9(15)7-10(11)16/h3-4,7H,2,5-6,8H2,1H3,(H,17,19,20). The highest BCUT2D eigenvalue weighted by Crippen LogP contribution is 2.27. The van der Waals surface area contributed by atoms with E-state index in [1.165, 1.54) is 11.3 Å². The van der Waals surface area contributed by atoms with Crippen LogP contribution in [0.3, 0.4) is 0 Å². The summed E-state index contributed by atoms with van der Waals surface area (Å²) in [4.78, 5) is 11.8. The van der Waals surface area contributed by atoms with E-state index in [-0.39, 0.29) is 12.5 Å². The number of hydrogen-bond donors (Lipinski definition) is 1. The molecule has 0 aliphatic rings. The minimum atomic E-state index is -0.344. The molecule has 0 bridgehead atoms. The van der Waals surface area contributed by atoms with Gasteiger partial charge in [0.1, 0.15) is 10.8 Å². The van der Waals surface area contributed by atoms with Crippen molar-refractivity contribution >= 4 is 45.6 Å². The Kier molecular flexibility index (Phi) is 7.04. The van der Waals surface area contributed by atoms with Crippen molar-refractivity contribution in [3.63, 3.8) is 0 Å². The van der Waals surface area contributed by atoms with Gasteiger partial charge in [0, 0.05) is 18.1 Å². The van der Waals surface area contributed by atoms with Crippen molar-refractivity contribution in [2.24, 2.45) is 0 Å². The molecule has 0 atom stereocenters. The van der Waals surface area contributed by atoms with Gasteiger partial charge >= 0.3 is 0 Å². The SMILES string of the molecule is CCOCCc1nnc(NC(=O)COc2ccc(Cl)cc2Cl)s1. The van der Waals surface area contributed by atoms with E-state index in [9.17, 15) is 4.79 Å². The number of anilines is 1. The van der Waals surface area contributed by atoms with Gasteiger partial charge in [-0.2, -0.15) is 0 Å². The number of carbonyl (C=O) groups excluding carboxylic acids is 1. The summed E-state index contributed by atoms with van der Waals surface area (Å²) in [6.45, 7) is 2.98. The fraction of sp³-hybridized carbons (Fsp3) is 0.357. The Morgan fingerprint density at radius 1 is 1.35 bits per heavy atom. The maximum Gasteiger partial charge on any atom is 0.264 e. The number of hydrogen-bond acceptors (Lipinski definition) is 6. The summed E-state index contributed by atoms with van der Waals surface area (Å²) in [5.74, 6) is 0.0457. The van der Waals surface area contributed by atoms with Crippen LogP contribution in [0, 0.1) is 0 Å². The van der Waals surface area contributed by atoms with Crippen molar-refractivity contribution < 1.29 is 14.3 Å². The second kappa shape index (κ2) is 9.02. The van der Waals surface area contributed by atoms with Gasteiger partial charge in [-0.1, -0.05) is 34.5 Å². The summed E-state index contributed by atoms with van der Waals surface area (Å²) in [5.41, 5.74) is 0. The molecule has 6 nitrogen and oxygen atoms in total. The molecule has 0 spiro atoms.